The quantitative estimate of drug-likeness (QED) is 0.355. The molecule has 0 aromatic rings. The molecule has 7 nitrogen and oxygen atoms in total. The van der Waals surface area contributed by atoms with Gasteiger partial charge >= 0.3 is 0 Å². The summed E-state index contributed by atoms with van der Waals surface area (Å²) in [6.45, 7) is 10.1. The molecule has 0 bridgehead atoms. The predicted molar refractivity (Wildman–Crippen MR) is 105 cm³/mol. The van der Waals surface area contributed by atoms with Gasteiger partial charge in [0.05, 0.1) is 13.2 Å². The largest absolute Gasteiger partial charge is 0.379 e. The topological polar surface area (TPSA) is 78.0 Å². The summed E-state index contributed by atoms with van der Waals surface area (Å²) in [4.78, 5) is 18.9. The van der Waals surface area contributed by atoms with Crippen molar-refractivity contribution in [3.63, 3.8) is 0 Å². The number of morpholine rings is 1. The number of guanidine groups is 1. The number of rotatable bonds is 7. The van der Waals surface area contributed by atoms with E-state index < -0.39 is 0 Å². The molecular weight excluding hydrogens is 330 g/mol. The lowest BCUT2D eigenvalue weighted by Crippen LogP contribution is -2.56. The molecule has 0 radical (unpaired) electrons. The normalized spacial score (nSPS) is 20.7. The van der Waals surface area contributed by atoms with Crippen molar-refractivity contribution in [1.29, 1.82) is 0 Å². The molecule has 0 aromatic heterocycles. The number of carbonyl (C=O) groups is 1. The zero-order valence-corrected chi connectivity index (χ0v) is 16.8. The molecule has 2 aliphatic rings. The molecule has 150 valence electrons. The molecule has 26 heavy (non-hydrogen) atoms. The van der Waals surface area contributed by atoms with Crippen molar-refractivity contribution < 1.29 is 9.53 Å². The Morgan fingerprint density at radius 1 is 1.08 bits per heavy atom. The Labute approximate surface area is 158 Å². The Bertz CT molecular complexity index is 455. The fraction of sp³-hybridized carbons (Fsp3) is 0.895. The maximum absolute atomic E-state index is 12.1. The molecule has 3 N–H and O–H groups in total. The predicted octanol–water partition coefficient (Wildman–Crippen LogP) is 0.959. The summed E-state index contributed by atoms with van der Waals surface area (Å²) in [6.07, 6.45) is 5.73. The number of nitrogens with zero attached hydrogens (tertiary/aromatic N) is 2. The van der Waals surface area contributed by atoms with Crippen LogP contribution in [-0.4, -0.2) is 75.3 Å². The van der Waals surface area contributed by atoms with Crippen molar-refractivity contribution in [3.05, 3.63) is 0 Å². The minimum atomic E-state index is 0.0383. The molecule has 0 spiro atoms. The van der Waals surface area contributed by atoms with Gasteiger partial charge in [-0.3, -0.25) is 14.7 Å². The third-order valence-corrected chi connectivity index (χ3v) is 5.47. The van der Waals surface area contributed by atoms with E-state index in [-0.39, 0.29) is 17.4 Å². The van der Waals surface area contributed by atoms with Gasteiger partial charge in [-0.2, -0.15) is 0 Å². The summed E-state index contributed by atoms with van der Waals surface area (Å²) < 4.78 is 5.44. The van der Waals surface area contributed by atoms with Gasteiger partial charge in [0, 0.05) is 51.2 Å². The second kappa shape index (κ2) is 10.7. The van der Waals surface area contributed by atoms with Gasteiger partial charge in [0.25, 0.3) is 0 Å². The smallest absolute Gasteiger partial charge is 0.223 e. The lowest BCUT2D eigenvalue weighted by molar-refractivity contribution is -0.125. The number of amides is 1. The van der Waals surface area contributed by atoms with E-state index >= 15 is 0 Å². The number of hydrogen-bond acceptors (Lipinski definition) is 4. The monoisotopic (exact) mass is 367 g/mol. The third kappa shape index (κ3) is 6.76. The van der Waals surface area contributed by atoms with E-state index in [0.717, 1.165) is 51.6 Å². The average Bonchev–Trinajstić information content (AvgIpc) is 2.68. The minimum absolute atomic E-state index is 0.0383. The highest BCUT2D eigenvalue weighted by Gasteiger charge is 2.28. The van der Waals surface area contributed by atoms with E-state index in [1.54, 1.807) is 7.05 Å². The third-order valence-electron chi connectivity index (χ3n) is 5.47. The summed E-state index contributed by atoms with van der Waals surface area (Å²) in [6, 6.07) is 0. The number of hydrogen-bond donors (Lipinski definition) is 3. The Morgan fingerprint density at radius 3 is 2.38 bits per heavy atom. The van der Waals surface area contributed by atoms with Crippen LogP contribution in [-0.2, 0) is 9.53 Å². The van der Waals surface area contributed by atoms with Gasteiger partial charge in [-0.15, -0.1) is 0 Å². The van der Waals surface area contributed by atoms with Crippen molar-refractivity contribution in [1.82, 2.24) is 20.9 Å². The highest BCUT2D eigenvalue weighted by atomic mass is 16.5. The van der Waals surface area contributed by atoms with Crippen LogP contribution in [0.15, 0.2) is 4.99 Å². The van der Waals surface area contributed by atoms with Crippen LogP contribution in [0.5, 0.6) is 0 Å². The van der Waals surface area contributed by atoms with Crippen LogP contribution in [0.3, 0.4) is 0 Å². The first-order valence-electron chi connectivity index (χ1n) is 10.1. The zero-order chi connectivity index (χ0) is 18.8. The van der Waals surface area contributed by atoms with Gasteiger partial charge in [-0.25, -0.2) is 0 Å². The molecular formula is C19H37N5O2. The molecule has 0 aromatic carbocycles. The lowest BCUT2D eigenvalue weighted by Gasteiger charge is -2.41. The summed E-state index contributed by atoms with van der Waals surface area (Å²) >= 11 is 0. The fourth-order valence-electron chi connectivity index (χ4n) is 3.68. The van der Waals surface area contributed by atoms with Crippen LogP contribution in [0.1, 0.15) is 46.0 Å². The van der Waals surface area contributed by atoms with Gasteiger partial charge in [0.1, 0.15) is 0 Å². The molecule has 0 unspecified atom stereocenters. The van der Waals surface area contributed by atoms with Crippen LogP contribution in [0.2, 0.25) is 0 Å². The van der Waals surface area contributed by atoms with Gasteiger partial charge in [-0.05, 0) is 26.7 Å². The van der Waals surface area contributed by atoms with Gasteiger partial charge < -0.3 is 20.7 Å². The van der Waals surface area contributed by atoms with Crippen molar-refractivity contribution in [3.8, 4) is 0 Å². The number of nitrogens with one attached hydrogen (secondary N) is 3. The Hall–Kier alpha value is -1.34. The maximum atomic E-state index is 12.1. The van der Waals surface area contributed by atoms with Crippen molar-refractivity contribution >= 4 is 11.9 Å². The van der Waals surface area contributed by atoms with Crippen LogP contribution >= 0.6 is 0 Å². The summed E-state index contributed by atoms with van der Waals surface area (Å²) in [5.74, 6) is 1.21. The van der Waals surface area contributed by atoms with Gasteiger partial charge in [0.15, 0.2) is 5.96 Å². The molecule has 1 amide bonds. The molecule has 1 aliphatic heterocycles. The molecule has 1 heterocycles. The van der Waals surface area contributed by atoms with E-state index in [2.05, 4.69) is 39.7 Å². The molecule has 2 rings (SSSR count). The molecule has 0 atom stereocenters. The lowest BCUT2D eigenvalue weighted by atomic mass is 9.89. The van der Waals surface area contributed by atoms with E-state index in [1.807, 2.05) is 0 Å². The second-order valence-electron chi connectivity index (χ2n) is 7.89. The van der Waals surface area contributed by atoms with Gasteiger partial charge in [-0.1, -0.05) is 19.3 Å². The van der Waals surface area contributed by atoms with Crippen LogP contribution in [0.4, 0.5) is 0 Å². The first-order valence-corrected chi connectivity index (χ1v) is 10.1. The average molecular weight is 368 g/mol. The summed E-state index contributed by atoms with van der Waals surface area (Å²) in [5, 5.41) is 9.74. The Kier molecular flexibility index (Phi) is 8.65. The first-order chi connectivity index (χ1) is 12.5. The summed E-state index contributed by atoms with van der Waals surface area (Å²) in [5.41, 5.74) is 0.0383. The fourth-order valence-corrected chi connectivity index (χ4v) is 3.68. The van der Waals surface area contributed by atoms with Crippen LogP contribution < -0.4 is 16.0 Å². The van der Waals surface area contributed by atoms with E-state index in [0.29, 0.717) is 13.1 Å². The molecule has 1 saturated heterocycles. The van der Waals surface area contributed by atoms with Crippen LogP contribution in [0, 0.1) is 5.92 Å². The first kappa shape index (κ1) is 21.0. The zero-order valence-electron chi connectivity index (χ0n) is 16.8. The van der Waals surface area contributed by atoms with Gasteiger partial charge in [0.2, 0.25) is 5.91 Å². The number of ether oxygens (including phenoxy) is 1. The Morgan fingerprint density at radius 2 is 1.73 bits per heavy atom. The molecule has 7 heteroatoms. The van der Waals surface area contributed by atoms with Crippen molar-refractivity contribution in [2.24, 2.45) is 10.9 Å². The van der Waals surface area contributed by atoms with E-state index in [4.69, 9.17) is 4.74 Å². The van der Waals surface area contributed by atoms with Crippen LogP contribution in [0.25, 0.3) is 0 Å². The molecule has 2 fully saturated rings. The number of carbonyl (C=O) groups excluding carboxylic acids is 1. The van der Waals surface area contributed by atoms with Crippen molar-refractivity contribution in [2.75, 3.05) is 53.0 Å². The minimum Gasteiger partial charge on any atom is -0.379 e. The highest BCUT2D eigenvalue weighted by molar-refractivity contribution is 5.80. The maximum Gasteiger partial charge on any atom is 0.223 e. The SMILES string of the molecule is CN=C(NCCNC(=O)C1CCCCC1)NCC(C)(C)N1CCOCC1. The standard InChI is InChI=1S/C19H37N5O2/c1-19(2,24-11-13-26-14-12-24)15-23-18(20-3)22-10-9-21-17(25)16-7-5-4-6-8-16/h16H,4-15H2,1-3H3,(H,21,25)(H2,20,22,23). The highest BCUT2D eigenvalue weighted by Crippen LogP contribution is 2.23. The number of aliphatic imine (C=N–C) groups is 1. The molecule has 1 aliphatic carbocycles. The second-order valence-corrected chi connectivity index (χ2v) is 7.89. The molecule has 1 saturated carbocycles. The Balaban J connectivity index is 1.63. The summed E-state index contributed by atoms with van der Waals surface area (Å²) in [7, 11) is 1.78. The van der Waals surface area contributed by atoms with E-state index in [9.17, 15) is 4.79 Å². The van der Waals surface area contributed by atoms with E-state index in [1.165, 1.54) is 19.3 Å². The van der Waals surface area contributed by atoms with Crippen molar-refractivity contribution in [2.45, 2.75) is 51.5 Å².